The highest BCUT2D eigenvalue weighted by atomic mass is 32.2. The molecule has 0 aliphatic heterocycles. The second-order valence-electron chi connectivity index (χ2n) is 6.40. The predicted octanol–water partition coefficient (Wildman–Crippen LogP) is 5.35. The van der Waals surface area contributed by atoms with Gasteiger partial charge in [0.25, 0.3) is 0 Å². The first kappa shape index (κ1) is 18.2. The first-order valence-corrected chi connectivity index (χ1v) is 8.90. The van der Waals surface area contributed by atoms with Crippen molar-refractivity contribution in [2.75, 3.05) is 6.26 Å². The lowest BCUT2D eigenvalue weighted by Gasteiger charge is -2.29. The summed E-state index contributed by atoms with van der Waals surface area (Å²) < 4.78 is 39.7. The van der Waals surface area contributed by atoms with E-state index in [1.165, 1.54) is 12.1 Å². The standard InChI is InChI=1S/C17H21F3O2S/c1-16(15(21)22,10-11-5-3-4-6-11)12-7-8-14(23-2)13(9-12)17(18,19)20/h7-9,11H,3-6,10H2,1-2H3,(H,21,22). The van der Waals surface area contributed by atoms with Gasteiger partial charge in [0.1, 0.15) is 0 Å². The summed E-state index contributed by atoms with van der Waals surface area (Å²) in [6.07, 6.45) is 1.54. The molecule has 1 aromatic rings. The molecule has 1 aliphatic rings. The number of thioether (sulfide) groups is 1. The van der Waals surface area contributed by atoms with Crippen molar-refractivity contribution in [3.8, 4) is 0 Å². The quantitative estimate of drug-likeness (QED) is 0.730. The van der Waals surface area contributed by atoms with Gasteiger partial charge in [-0.05, 0) is 43.2 Å². The van der Waals surface area contributed by atoms with Crippen LogP contribution in [-0.4, -0.2) is 17.3 Å². The Bertz CT molecular complexity index is 580. The molecule has 0 bridgehead atoms. The smallest absolute Gasteiger partial charge is 0.417 e. The molecule has 1 aromatic carbocycles. The summed E-state index contributed by atoms with van der Waals surface area (Å²) in [5, 5.41) is 9.68. The fourth-order valence-corrected chi connectivity index (χ4v) is 3.99. The normalized spacial score (nSPS) is 18.8. The average Bonchev–Trinajstić information content (AvgIpc) is 2.98. The molecular weight excluding hydrogens is 325 g/mol. The maximum absolute atomic E-state index is 13.2. The van der Waals surface area contributed by atoms with E-state index in [2.05, 4.69) is 0 Å². The molecule has 1 atom stereocenters. The molecule has 1 saturated carbocycles. The Kier molecular flexibility index (Phi) is 5.33. The lowest BCUT2D eigenvalue weighted by molar-refractivity contribution is -0.145. The van der Waals surface area contributed by atoms with Crippen LogP contribution in [0.25, 0.3) is 0 Å². The molecular formula is C17H21F3O2S. The van der Waals surface area contributed by atoms with E-state index in [1.807, 2.05) is 0 Å². The molecule has 0 aromatic heterocycles. The molecule has 23 heavy (non-hydrogen) atoms. The zero-order valence-electron chi connectivity index (χ0n) is 13.2. The van der Waals surface area contributed by atoms with E-state index in [0.717, 1.165) is 43.5 Å². The number of halogens is 3. The summed E-state index contributed by atoms with van der Waals surface area (Å²) >= 11 is 1.02. The number of aliphatic carboxylic acids is 1. The zero-order valence-corrected chi connectivity index (χ0v) is 14.1. The highest BCUT2D eigenvalue weighted by Crippen LogP contribution is 2.42. The summed E-state index contributed by atoms with van der Waals surface area (Å²) in [4.78, 5) is 12.0. The van der Waals surface area contributed by atoms with Crippen molar-refractivity contribution in [2.45, 2.75) is 55.5 Å². The van der Waals surface area contributed by atoms with Crippen molar-refractivity contribution in [2.24, 2.45) is 5.92 Å². The number of alkyl halides is 3. The molecule has 1 aliphatic carbocycles. The maximum atomic E-state index is 13.2. The Morgan fingerprint density at radius 2 is 1.91 bits per heavy atom. The Balaban J connectivity index is 2.44. The van der Waals surface area contributed by atoms with Crippen LogP contribution in [0.4, 0.5) is 13.2 Å². The number of rotatable bonds is 5. The maximum Gasteiger partial charge on any atom is 0.417 e. The summed E-state index contributed by atoms with van der Waals surface area (Å²) in [7, 11) is 0. The molecule has 0 spiro atoms. The second-order valence-corrected chi connectivity index (χ2v) is 7.25. The average molecular weight is 346 g/mol. The van der Waals surface area contributed by atoms with Gasteiger partial charge in [0.2, 0.25) is 0 Å². The molecule has 0 amide bonds. The number of carboxylic acids is 1. The van der Waals surface area contributed by atoms with Crippen molar-refractivity contribution >= 4 is 17.7 Å². The van der Waals surface area contributed by atoms with Gasteiger partial charge < -0.3 is 5.11 Å². The second kappa shape index (κ2) is 6.75. The van der Waals surface area contributed by atoms with Crippen LogP contribution in [0.5, 0.6) is 0 Å². The highest BCUT2D eigenvalue weighted by Gasteiger charge is 2.41. The number of carboxylic acid groups (broad SMARTS) is 1. The van der Waals surface area contributed by atoms with Gasteiger partial charge in [0, 0.05) is 4.90 Å². The minimum atomic E-state index is -4.48. The van der Waals surface area contributed by atoms with Gasteiger partial charge in [-0.3, -0.25) is 4.79 Å². The van der Waals surface area contributed by atoms with Crippen molar-refractivity contribution in [3.63, 3.8) is 0 Å². The summed E-state index contributed by atoms with van der Waals surface area (Å²) in [5.41, 5.74) is -1.80. The van der Waals surface area contributed by atoms with Gasteiger partial charge in [-0.25, -0.2) is 0 Å². The molecule has 1 unspecified atom stereocenters. The van der Waals surface area contributed by atoms with Gasteiger partial charge >= 0.3 is 12.1 Å². The molecule has 2 rings (SSSR count). The topological polar surface area (TPSA) is 37.3 Å². The van der Waals surface area contributed by atoms with Crippen LogP contribution in [0.15, 0.2) is 23.1 Å². The van der Waals surface area contributed by atoms with Crippen molar-refractivity contribution in [3.05, 3.63) is 29.3 Å². The van der Waals surface area contributed by atoms with Crippen molar-refractivity contribution < 1.29 is 23.1 Å². The van der Waals surface area contributed by atoms with Crippen molar-refractivity contribution in [1.29, 1.82) is 0 Å². The van der Waals surface area contributed by atoms with Crippen LogP contribution in [-0.2, 0) is 16.4 Å². The lowest BCUT2D eigenvalue weighted by Crippen LogP contribution is -2.34. The van der Waals surface area contributed by atoms with E-state index < -0.39 is 23.1 Å². The third kappa shape index (κ3) is 3.84. The molecule has 6 heteroatoms. The minimum Gasteiger partial charge on any atom is -0.481 e. The van der Waals surface area contributed by atoms with Gasteiger partial charge in [0.15, 0.2) is 0 Å². The Morgan fingerprint density at radius 3 is 2.39 bits per heavy atom. The Labute approximate surface area is 138 Å². The van der Waals surface area contributed by atoms with Crippen LogP contribution >= 0.6 is 11.8 Å². The third-order valence-corrected chi connectivity index (χ3v) is 5.58. The SMILES string of the molecule is CSc1ccc(C(C)(CC2CCCC2)C(=O)O)cc1C(F)(F)F. The lowest BCUT2D eigenvalue weighted by atomic mass is 9.74. The minimum absolute atomic E-state index is 0.120. The number of hydrogen-bond acceptors (Lipinski definition) is 2. The fourth-order valence-electron chi connectivity index (χ4n) is 3.39. The van der Waals surface area contributed by atoms with E-state index in [4.69, 9.17) is 0 Å². The molecule has 1 fully saturated rings. The highest BCUT2D eigenvalue weighted by molar-refractivity contribution is 7.98. The number of carbonyl (C=O) groups is 1. The largest absolute Gasteiger partial charge is 0.481 e. The monoisotopic (exact) mass is 346 g/mol. The van der Waals surface area contributed by atoms with E-state index >= 15 is 0 Å². The third-order valence-electron chi connectivity index (χ3n) is 4.79. The molecule has 1 N–H and O–H groups in total. The summed E-state index contributed by atoms with van der Waals surface area (Å²) in [6, 6.07) is 3.94. The van der Waals surface area contributed by atoms with Gasteiger partial charge in [-0.2, -0.15) is 13.2 Å². The zero-order chi connectivity index (χ0) is 17.3. The van der Waals surface area contributed by atoms with Crippen LogP contribution in [0.1, 0.15) is 50.2 Å². The molecule has 128 valence electrons. The first-order chi connectivity index (χ1) is 10.7. The summed E-state index contributed by atoms with van der Waals surface area (Å²) in [6.45, 7) is 1.54. The number of hydrogen-bond donors (Lipinski definition) is 1. The van der Waals surface area contributed by atoms with Crippen LogP contribution in [0, 0.1) is 5.92 Å². The molecule has 0 radical (unpaired) electrons. The molecule has 0 heterocycles. The van der Waals surface area contributed by atoms with E-state index in [0.29, 0.717) is 6.42 Å². The van der Waals surface area contributed by atoms with E-state index in [-0.39, 0.29) is 16.4 Å². The van der Waals surface area contributed by atoms with Crippen LogP contribution < -0.4 is 0 Å². The van der Waals surface area contributed by atoms with Crippen LogP contribution in [0.3, 0.4) is 0 Å². The summed E-state index contributed by atoms with van der Waals surface area (Å²) in [5.74, 6) is -0.792. The van der Waals surface area contributed by atoms with Gasteiger partial charge in [0.05, 0.1) is 11.0 Å². The fraction of sp³-hybridized carbons (Fsp3) is 0.588. The first-order valence-electron chi connectivity index (χ1n) is 7.67. The molecule has 0 saturated heterocycles. The Hall–Kier alpha value is -1.17. The predicted molar refractivity (Wildman–Crippen MR) is 84.8 cm³/mol. The van der Waals surface area contributed by atoms with Gasteiger partial charge in [-0.1, -0.05) is 31.7 Å². The van der Waals surface area contributed by atoms with E-state index in [1.54, 1.807) is 13.2 Å². The van der Waals surface area contributed by atoms with Crippen LogP contribution in [0.2, 0.25) is 0 Å². The Morgan fingerprint density at radius 1 is 1.30 bits per heavy atom. The van der Waals surface area contributed by atoms with Crippen molar-refractivity contribution in [1.82, 2.24) is 0 Å². The number of benzene rings is 1. The molecule has 2 nitrogen and oxygen atoms in total. The van der Waals surface area contributed by atoms with Gasteiger partial charge in [-0.15, -0.1) is 11.8 Å². The van der Waals surface area contributed by atoms with E-state index in [9.17, 15) is 23.1 Å².